The fraction of sp³-hybridized carbons (Fsp3) is 0.400. The Morgan fingerprint density at radius 2 is 2.07 bits per heavy atom. The Hall–Kier alpha value is -2.22. The van der Waals surface area contributed by atoms with Crippen molar-refractivity contribution in [1.29, 1.82) is 0 Å². The second-order valence-corrected chi connectivity index (χ2v) is 7.38. The quantitative estimate of drug-likeness (QED) is 0.799. The van der Waals surface area contributed by atoms with E-state index in [2.05, 4.69) is 10.3 Å². The second kappa shape index (κ2) is 9.32. The molecule has 0 atom stereocenters. The molecule has 0 radical (unpaired) electrons. The molecule has 8 heteroatoms. The third-order valence-corrected chi connectivity index (χ3v) is 4.74. The maximum atomic E-state index is 14.2. The number of nitrogens with zero attached hydrogens (tertiary/aromatic N) is 3. The Kier molecular flexibility index (Phi) is 6.83. The van der Waals surface area contributed by atoms with E-state index in [1.165, 1.54) is 12.3 Å². The van der Waals surface area contributed by atoms with E-state index in [0.29, 0.717) is 61.4 Å². The smallest absolute Gasteiger partial charge is 0.255 e. The highest BCUT2D eigenvalue weighted by Gasteiger charge is 2.19. The van der Waals surface area contributed by atoms with Crippen molar-refractivity contribution in [2.75, 3.05) is 45.7 Å². The first-order valence-electron chi connectivity index (χ1n) is 9.12. The number of hydrogen-bond donors (Lipinski definition) is 1. The molecule has 150 valence electrons. The standard InChI is InChI=1S/C20H24ClFN4O2/c1-25(2)13-15-4-3-14(9-18(15)22)11-23-19-17(21)10-16(12-24-19)20(27)26-5-7-28-8-6-26/h3-4,9-10,12H,5-8,11,13H2,1-2H3,(H,23,24). The monoisotopic (exact) mass is 406 g/mol. The number of carbonyl (C=O) groups excluding carboxylic acids is 1. The van der Waals surface area contributed by atoms with Gasteiger partial charge in [0.15, 0.2) is 0 Å². The first-order valence-corrected chi connectivity index (χ1v) is 9.50. The van der Waals surface area contributed by atoms with E-state index in [4.69, 9.17) is 16.3 Å². The number of rotatable bonds is 6. The molecular formula is C20H24ClFN4O2. The van der Waals surface area contributed by atoms with Gasteiger partial charge in [0.25, 0.3) is 5.91 Å². The van der Waals surface area contributed by atoms with Gasteiger partial charge in [-0.25, -0.2) is 9.37 Å². The van der Waals surface area contributed by atoms with Crippen LogP contribution in [0.2, 0.25) is 5.02 Å². The lowest BCUT2D eigenvalue weighted by Gasteiger charge is -2.26. The topological polar surface area (TPSA) is 57.7 Å². The summed E-state index contributed by atoms with van der Waals surface area (Å²) in [6.45, 7) is 3.12. The molecule has 1 saturated heterocycles. The lowest BCUT2D eigenvalue weighted by Crippen LogP contribution is -2.40. The average Bonchev–Trinajstić information content (AvgIpc) is 2.68. The number of pyridine rings is 1. The summed E-state index contributed by atoms with van der Waals surface area (Å²) in [5, 5.41) is 3.45. The Balaban J connectivity index is 1.63. The van der Waals surface area contributed by atoms with Gasteiger partial charge in [-0.3, -0.25) is 4.79 Å². The number of halogens is 2. The van der Waals surface area contributed by atoms with Gasteiger partial charge in [0, 0.05) is 37.9 Å². The lowest BCUT2D eigenvalue weighted by molar-refractivity contribution is 0.0302. The number of aromatic nitrogens is 1. The summed E-state index contributed by atoms with van der Waals surface area (Å²) in [4.78, 5) is 20.4. The van der Waals surface area contributed by atoms with Crippen molar-refractivity contribution >= 4 is 23.3 Å². The van der Waals surface area contributed by atoms with Gasteiger partial charge in [0.1, 0.15) is 11.6 Å². The van der Waals surface area contributed by atoms with Crippen LogP contribution in [0.4, 0.5) is 10.2 Å². The maximum Gasteiger partial charge on any atom is 0.255 e. The fourth-order valence-corrected chi connectivity index (χ4v) is 3.22. The molecule has 0 aliphatic carbocycles. The summed E-state index contributed by atoms with van der Waals surface area (Å²) in [6.07, 6.45) is 1.51. The summed E-state index contributed by atoms with van der Waals surface area (Å²) >= 11 is 6.29. The molecule has 1 aliphatic rings. The van der Waals surface area contributed by atoms with Gasteiger partial charge in [-0.1, -0.05) is 23.7 Å². The minimum absolute atomic E-state index is 0.109. The first-order chi connectivity index (χ1) is 13.4. The molecule has 1 aliphatic heterocycles. The van der Waals surface area contributed by atoms with Crippen LogP contribution in [0.3, 0.4) is 0 Å². The Morgan fingerprint density at radius 3 is 2.71 bits per heavy atom. The normalized spacial score (nSPS) is 14.4. The molecule has 0 spiro atoms. The number of carbonyl (C=O) groups is 1. The minimum atomic E-state index is -0.237. The van der Waals surface area contributed by atoms with Crippen LogP contribution in [0.5, 0.6) is 0 Å². The van der Waals surface area contributed by atoms with E-state index >= 15 is 0 Å². The van der Waals surface area contributed by atoms with Crippen LogP contribution in [-0.4, -0.2) is 61.1 Å². The molecule has 0 unspecified atom stereocenters. The van der Waals surface area contributed by atoms with Gasteiger partial charge >= 0.3 is 0 Å². The van der Waals surface area contributed by atoms with Crippen LogP contribution in [0.1, 0.15) is 21.5 Å². The van der Waals surface area contributed by atoms with Gasteiger partial charge in [-0.15, -0.1) is 0 Å². The molecule has 2 heterocycles. The van der Waals surface area contributed by atoms with Crippen molar-refractivity contribution < 1.29 is 13.9 Å². The first kappa shape index (κ1) is 20.5. The van der Waals surface area contributed by atoms with Crippen LogP contribution in [0, 0.1) is 5.82 Å². The number of nitrogens with one attached hydrogen (secondary N) is 1. The fourth-order valence-electron chi connectivity index (χ4n) is 2.99. The highest BCUT2D eigenvalue weighted by atomic mass is 35.5. The number of benzene rings is 1. The molecule has 1 aromatic heterocycles. The summed E-state index contributed by atoms with van der Waals surface area (Å²) in [5.74, 6) is 0.110. The largest absolute Gasteiger partial charge is 0.378 e. The zero-order chi connectivity index (χ0) is 20.1. The molecule has 6 nitrogen and oxygen atoms in total. The van der Waals surface area contributed by atoms with Gasteiger partial charge in [-0.2, -0.15) is 0 Å². The van der Waals surface area contributed by atoms with Crippen LogP contribution < -0.4 is 5.32 Å². The van der Waals surface area contributed by atoms with Crippen molar-refractivity contribution in [2.45, 2.75) is 13.1 Å². The minimum Gasteiger partial charge on any atom is -0.378 e. The van der Waals surface area contributed by atoms with Crippen LogP contribution in [-0.2, 0) is 17.8 Å². The molecule has 1 aromatic carbocycles. The maximum absolute atomic E-state index is 14.2. The van der Waals surface area contributed by atoms with E-state index in [1.54, 1.807) is 17.0 Å². The molecule has 0 bridgehead atoms. The van der Waals surface area contributed by atoms with Gasteiger partial charge < -0.3 is 19.9 Å². The van der Waals surface area contributed by atoms with E-state index in [0.717, 1.165) is 5.56 Å². The molecule has 3 rings (SSSR count). The summed E-state index contributed by atoms with van der Waals surface area (Å²) in [5.41, 5.74) is 1.87. The highest BCUT2D eigenvalue weighted by Crippen LogP contribution is 2.22. The molecule has 1 N–H and O–H groups in total. The Labute approximate surface area is 169 Å². The van der Waals surface area contributed by atoms with Crippen LogP contribution in [0.15, 0.2) is 30.5 Å². The summed E-state index contributed by atoms with van der Waals surface area (Å²) in [7, 11) is 3.80. The molecule has 1 fully saturated rings. The van der Waals surface area contributed by atoms with Crippen molar-refractivity contribution in [2.24, 2.45) is 0 Å². The van der Waals surface area contributed by atoms with E-state index in [9.17, 15) is 9.18 Å². The Bertz CT molecular complexity index is 841. The number of hydrogen-bond acceptors (Lipinski definition) is 5. The molecular weight excluding hydrogens is 383 g/mol. The van der Waals surface area contributed by atoms with E-state index < -0.39 is 0 Å². The zero-order valence-corrected chi connectivity index (χ0v) is 16.8. The summed E-state index contributed by atoms with van der Waals surface area (Å²) in [6, 6.07) is 6.77. The predicted molar refractivity (Wildman–Crippen MR) is 107 cm³/mol. The van der Waals surface area contributed by atoms with Crippen molar-refractivity contribution in [1.82, 2.24) is 14.8 Å². The van der Waals surface area contributed by atoms with Crippen LogP contribution >= 0.6 is 11.6 Å². The van der Waals surface area contributed by atoms with Crippen molar-refractivity contribution in [3.63, 3.8) is 0 Å². The molecule has 28 heavy (non-hydrogen) atoms. The van der Waals surface area contributed by atoms with Crippen molar-refractivity contribution in [3.8, 4) is 0 Å². The van der Waals surface area contributed by atoms with Gasteiger partial charge in [-0.05, 0) is 31.8 Å². The third kappa shape index (κ3) is 5.19. The molecule has 2 aromatic rings. The number of morpholine rings is 1. The SMILES string of the molecule is CN(C)Cc1ccc(CNc2ncc(C(=O)N3CCOCC3)cc2Cl)cc1F. The molecule has 1 amide bonds. The van der Waals surface area contributed by atoms with E-state index in [-0.39, 0.29) is 11.7 Å². The lowest BCUT2D eigenvalue weighted by atomic mass is 10.1. The molecule has 0 saturated carbocycles. The zero-order valence-electron chi connectivity index (χ0n) is 16.0. The van der Waals surface area contributed by atoms with E-state index in [1.807, 2.05) is 25.1 Å². The Morgan fingerprint density at radius 1 is 1.32 bits per heavy atom. The van der Waals surface area contributed by atoms with Crippen LogP contribution in [0.25, 0.3) is 0 Å². The van der Waals surface area contributed by atoms with Gasteiger partial charge in [0.05, 0.1) is 23.8 Å². The summed E-state index contributed by atoms with van der Waals surface area (Å²) < 4.78 is 19.4. The highest BCUT2D eigenvalue weighted by molar-refractivity contribution is 6.33. The number of amides is 1. The average molecular weight is 407 g/mol. The second-order valence-electron chi connectivity index (χ2n) is 6.98. The number of anilines is 1. The number of ether oxygens (including phenoxy) is 1. The third-order valence-electron chi connectivity index (χ3n) is 4.45. The van der Waals surface area contributed by atoms with Gasteiger partial charge in [0.2, 0.25) is 0 Å². The van der Waals surface area contributed by atoms with Crippen molar-refractivity contribution in [3.05, 3.63) is 58.0 Å². The predicted octanol–water partition coefficient (Wildman–Crippen LogP) is 3.02.